The molecule has 0 unspecified atom stereocenters. The third kappa shape index (κ3) is 3.88. The Balaban J connectivity index is 0.00000220. The molecule has 0 spiro atoms. The van der Waals surface area contributed by atoms with E-state index >= 15 is 0 Å². The molecule has 0 aliphatic heterocycles. The van der Waals surface area contributed by atoms with Crippen LogP contribution in [0, 0.1) is 0 Å². The number of nitrogens with zero attached hydrogens (tertiary/aromatic N) is 2. The SMILES string of the molecule is C.O=C=Nc1ccc(-c2ccc(N=C=O)c(Cl)c2)cc1Cl. The molecule has 0 saturated carbocycles. The Morgan fingerprint density at radius 1 is 0.762 bits per heavy atom. The van der Waals surface area contributed by atoms with E-state index in [0.29, 0.717) is 21.4 Å². The number of carbonyl (C=O) groups excluding carboxylic acids is 2. The molecule has 0 amide bonds. The van der Waals surface area contributed by atoms with E-state index in [2.05, 4.69) is 9.98 Å². The smallest absolute Gasteiger partial charge is 0.211 e. The standard InChI is InChI=1S/C14H6Cl2N2O2.CH4/c15-11-5-9(1-3-13(11)17-7-19)10-2-4-14(18-8-20)12(16)6-10;/h1-6H;1H4. The minimum absolute atomic E-state index is 0. The summed E-state index contributed by atoms with van der Waals surface area (Å²) in [5.74, 6) is 0. The monoisotopic (exact) mass is 320 g/mol. The van der Waals surface area contributed by atoms with Crippen molar-refractivity contribution in [1.82, 2.24) is 0 Å². The second-order valence-electron chi connectivity index (χ2n) is 3.74. The summed E-state index contributed by atoms with van der Waals surface area (Å²) in [6, 6.07) is 10.0. The number of rotatable bonds is 3. The van der Waals surface area contributed by atoms with E-state index in [0.717, 1.165) is 11.1 Å². The van der Waals surface area contributed by atoms with Crippen molar-refractivity contribution in [3.8, 4) is 11.1 Å². The van der Waals surface area contributed by atoms with Gasteiger partial charge in [-0.2, -0.15) is 9.98 Å². The lowest BCUT2D eigenvalue weighted by atomic mass is 10.0. The van der Waals surface area contributed by atoms with E-state index in [1.165, 1.54) is 12.2 Å². The molecule has 21 heavy (non-hydrogen) atoms. The zero-order valence-corrected chi connectivity index (χ0v) is 11.4. The molecule has 0 saturated heterocycles. The summed E-state index contributed by atoms with van der Waals surface area (Å²) in [7, 11) is 0. The third-order valence-electron chi connectivity index (χ3n) is 2.56. The van der Waals surface area contributed by atoms with Gasteiger partial charge in [-0.3, -0.25) is 0 Å². The van der Waals surface area contributed by atoms with Crippen LogP contribution in [-0.4, -0.2) is 12.2 Å². The summed E-state index contributed by atoms with van der Waals surface area (Å²) < 4.78 is 0. The Bertz CT molecular complexity index is 697. The summed E-state index contributed by atoms with van der Waals surface area (Å²) in [6.07, 6.45) is 2.87. The molecule has 0 heterocycles. The fourth-order valence-corrected chi connectivity index (χ4v) is 2.10. The van der Waals surface area contributed by atoms with Gasteiger partial charge < -0.3 is 0 Å². The first-order valence-electron chi connectivity index (χ1n) is 5.41. The molecule has 2 aromatic carbocycles. The van der Waals surface area contributed by atoms with Gasteiger partial charge in [-0.15, -0.1) is 0 Å². The molecule has 0 bridgehead atoms. The quantitative estimate of drug-likeness (QED) is 0.574. The molecule has 2 rings (SSSR count). The topological polar surface area (TPSA) is 58.9 Å². The molecule has 2 aromatic rings. The summed E-state index contributed by atoms with van der Waals surface area (Å²) in [5, 5.41) is 0.661. The van der Waals surface area contributed by atoms with Gasteiger partial charge in [-0.05, 0) is 35.4 Å². The third-order valence-corrected chi connectivity index (χ3v) is 3.17. The molecule has 0 aliphatic rings. The van der Waals surface area contributed by atoms with Gasteiger partial charge in [0.2, 0.25) is 12.2 Å². The van der Waals surface area contributed by atoms with E-state index in [1.54, 1.807) is 36.4 Å². The Hall–Kier alpha value is -2.22. The maximum absolute atomic E-state index is 10.2. The van der Waals surface area contributed by atoms with Crippen LogP contribution in [0.25, 0.3) is 11.1 Å². The number of benzene rings is 2. The summed E-state index contributed by atoms with van der Waals surface area (Å²) in [6.45, 7) is 0. The Labute approximate surface area is 131 Å². The van der Waals surface area contributed by atoms with Gasteiger partial charge in [0.1, 0.15) is 0 Å². The Kier molecular flexibility index (Phi) is 6.04. The molecule has 0 fully saturated rings. The number of hydrogen-bond acceptors (Lipinski definition) is 4. The average Bonchev–Trinajstić information content (AvgIpc) is 2.44. The van der Waals surface area contributed by atoms with Crippen molar-refractivity contribution in [2.75, 3.05) is 0 Å². The number of aliphatic imine (C=N–C) groups is 2. The van der Waals surface area contributed by atoms with Gasteiger partial charge in [-0.25, -0.2) is 9.59 Å². The summed E-state index contributed by atoms with van der Waals surface area (Å²) >= 11 is 12.0. The van der Waals surface area contributed by atoms with Gasteiger partial charge in [0.25, 0.3) is 0 Å². The van der Waals surface area contributed by atoms with Gasteiger partial charge in [0, 0.05) is 0 Å². The van der Waals surface area contributed by atoms with Crippen LogP contribution in [0.5, 0.6) is 0 Å². The van der Waals surface area contributed by atoms with Crippen LogP contribution >= 0.6 is 23.2 Å². The van der Waals surface area contributed by atoms with Crippen molar-refractivity contribution in [3.63, 3.8) is 0 Å². The molecular weight excluding hydrogens is 311 g/mol. The van der Waals surface area contributed by atoms with Gasteiger partial charge >= 0.3 is 0 Å². The van der Waals surface area contributed by atoms with Crippen LogP contribution in [-0.2, 0) is 9.59 Å². The molecule has 0 radical (unpaired) electrons. The average molecular weight is 321 g/mol. The summed E-state index contributed by atoms with van der Waals surface area (Å²) in [4.78, 5) is 27.4. The number of halogens is 2. The highest BCUT2D eigenvalue weighted by Gasteiger charge is 2.06. The first-order valence-corrected chi connectivity index (χ1v) is 6.16. The second-order valence-corrected chi connectivity index (χ2v) is 4.55. The first kappa shape index (κ1) is 16.8. The van der Waals surface area contributed by atoms with Crippen molar-refractivity contribution in [2.24, 2.45) is 9.98 Å². The fourth-order valence-electron chi connectivity index (χ4n) is 1.65. The number of hydrogen-bond donors (Lipinski definition) is 0. The first-order chi connectivity index (χ1) is 9.65. The maximum atomic E-state index is 10.2. The van der Waals surface area contributed by atoms with Crippen LogP contribution < -0.4 is 0 Å². The number of isocyanates is 2. The van der Waals surface area contributed by atoms with Gasteiger partial charge in [0.15, 0.2) is 0 Å². The molecule has 6 heteroatoms. The second kappa shape index (κ2) is 7.53. The zero-order chi connectivity index (χ0) is 14.5. The van der Waals surface area contributed by atoms with Crippen molar-refractivity contribution >= 4 is 46.7 Å². The maximum Gasteiger partial charge on any atom is 0.240 e. The minimum Gasteiger partial charge on any atom is -0.211 e. The van der Waals surface area contributed by atoms with Crippen molar-refractivity contribution in [2.45, 2.75) is 7.43 Å². The molecule has 0 aliphatic carbocycles. The fraction of sp³-hybridized carbons (Fsp3) is 0.0667. The normalized spacial score (nSPS) is 9.05. The van der Waals surface area contributed by atoms with Crippen LogP contribution in [0.4, 0.5) is 11.4 Å². The highest BCUT2D eigenvalue weighted by atomic mass is 35.5. The van der Waals surface area contributed by atoms with Gasteiger partial charge in [-0.1, -0.05) is 42.8 Å². The predicted octanol–water partition coefficient (Wildman–Crippen LogP) is 5.23. The van der Waals surface area contributed by atoms with Gasteiger partial charge in [0.05, 0.1) is 21.4 Å². The van der Waals surface area contributed by atoms with Crippen LogP contribution in [0.3, 0.4) is 0 Å². The zero-order valence-electron chi connectivity index (χ0n) is 9.93. The molecule has 0 N–H and O–H groups in total. The lowest BCUT2D eigenvalue weighted by Gasteiger charge is -2.05. The lowest BCUT2D eigenvalue weighted by molar-refractivity contribution is 0.564. The van der Waals surface area contributed by atoms with Crippen molar-refractivity contribution < 1.29 is 9.59 Å². The van der Waals surface area contributed by atoms with Crippen LogP contribution in [0.15, 0.2) is 46.4 Å². The highest BCUT2D eigenvalue weighted by Crippen LogP contribution is 2.34. The highest BCUT2D eigenvalue weighted by molar-refractivity contribution is 6.34. The van der Waals surface area contributed by atoms with E-state index in [-0.39, 0.29) is 7.43 Å². The largest absolute Gasteiger partial charge is 0.240 e. The summed E-state index contributed by atoms with van der Waals surface area (Å²) in [5.41, 5.74) is 2.28. The van der Waals surface area contributed by atoms with E-state index in [1.807, 2.05) is 0 Å². The molecule has 106 valence electrons. The minimum atomic E-state index is 0. The van der Waals surface area contributed by atoms with E-state index in [4.69, 9.17) is 23.2 Å². The molecule has 0 aromatic heterocycles. The van der Waals surface area contributed by atoms with Crippen LogP contribution in [0.2, 0.25) is 10.0 Å². The van der Waals surface area contributed by atoms with Crippen molar-refractivity contribution in [3.05, 3.63) is 46.4 Å². The van der Waals surface area contributed by atoms with E-state index in [9.17, 15) is 9.59 Å². The Morgan fingerprint density at radius 3 is 1.43 bits per heavy atom. The Morgan fingerprint density at radius 2 is 1.14 bits per heavy atom. The van der Waals surface area contributed by atoms with Crippen molar-refractivity contribution in [1.29, 1.82) is 0 Å². The van der Waals surface area contributed by atoms with E-state index < -0.39 is 0 Å². The molecule has 4 nitrogen and oxygen atoms in total. The van der Waals surface area contributed by atoms with Crippen LogP contribution in [0.1, 0.15) is 7.43 Å². The molecule has 0 atom stereocenters. The molecular formula is C15H10Cl2N2O2. The predicted molar refractivity (Wildman–Crippen MR) is 84.2 cm³/mol. The lowest BCUT2D eigenvalue weighted by Crippen LogP contribution is -1.79.